The first-order valence-electron chi connectivity index (χ1n) is 6.96. The maximum absolute atomic E-state index is 6.62. The Morgan fingerprint density at radius 1 is 1.22 bits per heavy atom. The Labute approximate surface area is 115 Å². The van der Waals surface area contributed by atoms with Gasteiger partial charge in [-0.05, 0) is 50.9 Å². The molecule has 2 rings (SSSR count). The average Bonchev–Trinajstić information content (AvgIpc) is 2.59. The molecule has 0 spiro atoms. The zero-order valence-electron chi connectivity index (χ0n) is 12.3. The Hall–Kier alpha value is -0.410. The highest BCUT2D eigenvalue weighted by Crippen LogP contribution is 2.45. The lowest BCUT2D eigenvalue weighted by Gasteiger charge is -2.41. The van der Waals surface area contributed by atoms with E-state index in [0.717, 1.165) is 29.5 Å². The molecule has 0 aromatic carbocycles. The molecule has 0 unspecified atom stereocenters. The van der Waals surface area contributed by atoms with Crippen LogP contribution < -0.4 is 5.73 Å². The maximum atomic E-state index is 6.62. The molecule has 1 heterocycles. The molecule has 102 valence electrons. The van der Waals surface area contributed by atoms with Gasteiger partial charge in [-0.15, -0.1) is 11.3 Å². The van der Waals surface area contributed by atoms with Crippen LogP contribution in [0.25, 0.3) is 0 Å². The summed E-state index contributed by atoms with van der Waals surface area (Å²) >= 11 is 1.79. The lowest BCUT2D eigenvalue weighted by molar-refractivity contribution is 0.134. The SMILES string of the molecule is Cc1nc(C2(N)CCC(C(C)(C)C)CC2)sc1C. The van der Waals surface area contributed by atoms with Gasteiger partial charge in [-0.25, -0.2) is 4.98 Å². The molecule has 1 aliphatic rings. The third-order valence-electron chi connectivity index (χ3n) is 4.56. The van der Waals surface area contributed by atoms with Crippen molar-refractivity contribution in [2.45, 2.75) is 65.8 Å². The molecule has 0 bridgehead atoms. The van der Waals surface area contributed by atoms with Gasteiger partial charge >= 0.3 is 0 Å². The van der Waals surface area contributed by atoms with Crippen LogP contribution in [0.4, 0.5) is 0 Å². The molecule has 0 amide bonds. The minimum absolute atomic E-state index is 0.161. The standard InChI is InChI=1S/C15H26N2S/c1-10-11(2)18-13(17-10)15(16)8-6-12(7-9-15)14(3,4)5/h12H,6-9,16H2,1-5H3. The van der Waals surface area contributed by atoms with E-state index >= 15 is 0 Å². The molecule has 2 nitrogen and oxygen atoms in total. The van der Waals surface area contributed by atoms with Crippen LogP contribution in [-0.2, 0) is 5.54 Å². The molecule has 3 heteroatoms. The second-order valence-electron chi connectivity index (χ2n) is 6.96. The number of hydrogen-bond donors (Lipinski definition) is 1. The van der Waals surface area contributed by atoms with Crippen LogP contribution in [0.15, 0.2) is 0 Å². The van der Waals surface area contributed by atoms with Gasteiger partial charge in [0.05, 0.1) is 11.2 Å². The van der Waals surface area contributed by atoms with Crippen LogP contribution in [0.3, 0.4) is 0 Å². The second kappa shape index (κ2) is 4.61. The van der Waals surface area contributed by atoms with Gasteiger partial charge in [0, 0.05) is 4.88 Å². The lowest BCUT2D eigenvalue weighted by atomic mass is 9.68. The van der Waals surface area contributed by atoms with Gasteiger partial charge in [-0.2, -0.15) is 0 Å². The van der Waals surface area contributed by atoms with Gasteiger partial charge < -0.3 is 5.73 Å². The topological polar surface area (TPSA) is 38.9 Å². The summed E-state index contributed by atoms with van der Waals surface area (Å²) in [5.74, 6) is 0.802. The molecule has 0 aliphatic heterocycles. The van der Waals surface area contributed by atoms with Crippen molar-refractivity contribution < 1.29 is 0 Å². The number of nitrogens with two attached hydrogens (primary N) is 1. The van der Waals surface area contributed by atoms with Crippen LogP contribution in [0.1, 0.15) is 62.0 Å². The summed E-state index contributed by atoms with van der Waals surface area (Å²) in [5, 5.41) is 1.16. The highest BCUT2D eigenvalue weighted by molar-refractivity contribution is 7.11. The average molecular weight is 266 g/mol. The fourth-order valence-electron chi connectivity index (χ4n) is 2.90. The number of aryl methyl sites for hydroxylation is 2. The van der Waals surface area contributed by atoms with Crippen molar-refractivity contribution >= 4 is 11.3 Å². The smallest absolute Gasteiger partial charge is 0.113 e. The summed E-state index contributed by atoms with van der Waals surface area (Å²) in [7, 11) is 0. The van der Waals surface area contributed by atoms with Crippen LogP contribution in [-0.4, -0.2) is 4.98 Å². The number of hydrogen-bond acceptors (Lipinski definition) is 3. The van der Waals surface area contributed by atoms with Crippen molar-refractivity contribution in [2.75, 3.05) is 0 Å². The minimum Gasteiger partial charge on any atom is -0.319 e. The molecule has 0 atom stereocenters. The van der Waals surface area contributed by atoms with E-state index < -0.39 is 0 Å². The Bertz CT molecular complexity index is 401. The van der Waals surface area contributed by atoms with Crippen molar-refractivity contribution in [2.24, 2.45) is 17.1 Å². The molecular formula is C15H26N2S. The fourth-order valence-corrected chi connectivity index (χ4v) is 3.97. The predicted molar refractivity (Wildman–Crippen MR) is 78.9 cm³/mol. The Kier molecular flexibility index (Phi) is 3.58. The fraction of sp³-hybridized carbons (Fsp3) is 0.800. The van der Waals surface area contributed by atoms with Gasteiger partial charge in [-0.1, -0.05) is 20.8 Å². The molecule has 0 saturated heterocycles. The molecule has 1 aliphatic carbocycles. The van der Waals surface area contributed by atoms with Crippen LogP contribution >= 0.6 is 11.3 Å². The van der Waals surface area contributed by atoms with Crippen molar-refractivity contribution in [3.8, 4) is 0 Å². The zero-order valence-corrected chi connectivity index (χ0v) is 13.2. The van der Waals surface area contributed by atoms with Gasteiger partial charge in [0.15, 0.2) is 0 Å². The van der Waals surface area contributed by atoms with Gasteiger partial charge in [-0.3, -0.25) is 0 Å². The summed E-state index contributed by atoms with van der Waals surface area (Å²) in [6.45, 7) is 11.3. The highest BCUT2D eigenvalue weighted by atomic mass is 32.1. The molecule has 1 aromatic rings. The molecule has 0 radical (unpaired) electrons. The third-order valence-corrected chi connectivity index (χ3v) is 5.85. The Morgan fingerprint density at radius 3 is 2.17 bits per heavy atom. The third kappa shape index (κ3) is 2.62. The monoisotopic (exact) mass is 266 g/mol. The van der Waals surface area contributed by atoms with Crippen LogP contribution in [0.5, 0.6) is 0 Å². The van der Waals surface area contributed by atoms with E-state index in [-0.39, 0.29) is 5.54 Å². The van der Waals surface area contributed by atoms with Gasteiger partial charge in [0.25, 0.3) is 0 Å². The molecule has 1 fully saturated rings. The van der Waals surface area contributed by atoms with Gasteiger partial charge in [0.2, 0.25) is 0 Å². The summed E-state index contributed by atoms with van der Waals surface area (Å²) in [4.78, 5) is 6.00. The van der Waals surface area contributed by atoms with E-state index in [4.69, 9.17) is 5.73 Å². The van der Waals surface area contributed by atoms with Crippen molar-refractivity contribution in [3.63, 3.8) is 0 Å². The van der Waals surface area contributed by atoms with E-state index in [9.17, 15) is 0 Å². The predicted octanol–water partition coefficient (Wildman–Crippen LogP) is 4.15. The summed E-state index contributed by atoms with van der Waals surface area (Å²) in [6.07, 6.45) is 4.64. The molecule has 1 saturated carbocycles. The van der Waals surface area contributed by atoms with Crippen molar-refractivity contribution in [1.82, 2.24) is 4.98 Å². The first-order chi connectivity index (χ1) is 8.22. The Balaban J connectivity index is 2.12. The Morgan fingerprint density at radius 2 is 1.78 bits per heavy atom. The lowest BCUT2D eigenvalue weighted by Crippen LogP contribution is -2.42. The van der Waals surface area contributed by atoms with E-state index in [1.807, 2.05) is 0 Å². The van der Waals surface area contributed by atoms with E-state index in [2.05, 4.69) is 39.6 Å². The van der Waals surface area contributed by atoms with Crippen LogP contribution in [0.2, 0.25) is 0 Å². The van der Waals surface area contributed by atoms with E-state index in [0.29, 0.717) is 5.41 Å². The van der Waals surface area contributed by atoms with Crippen molar-refractivity contribution in [3.05, 3.63) is 15.6 Å². The minimum atomic E-state index is -0.161. The van der Waals surface area contributed by atoms with E-state index in [1.54, 1.807) is 11.3 Å². The largest absolute Gasteiger partial charge is 0.319 e. The molecule has 18 heavy (non-hydrogen) atoms. The molecule has 2 N–H and O–H groups in total. The number of rotatable bonds is 1. The quantitative estimate of drug-likeness (QED) is 0.829. The van der Waals surface area contributed by atoms with E-state index in [1.165, 1.54) is 17.7 Å². The zero-order chi connectivity index (χ0) is 13.6. The first kappa shape index (κ1) is 14.0. The number of thiazole rings is 1. The van der Waals surface area contributed by atoms with Crippen molar-refractivity contribution in [1.29, 1.82) is 0 Å². The highest BCUT2D eigenvalue weighted by Gasteiger charge is 2.39. The molecular weight excluding hydrogens is 240 g/mol. The number of nitrogens with zero attached hydrogens (tertiary/aromatic N) is 1. The first-order valence-corrected chi connectivity index (χ1v) is 7.77. The summed E-state index contributed by atoms with van der Waals surface area (Å²) < 4.78 is 0. The maximum Gasteiger partial charge on any atom is 0.113 e. The number of aromatic nitrogens is 1. The normalized spacial score (nSPS) is 29.6. The van der Waals surface area contributed by atoms with Crippen LogP contribution in [0, 0.1) is 25.2 Å². The summed E-state index contributed by atoms with van der Waals surface area (Å²) in [6, 6.07) is 0. The van der Waals surface area contributed by atoms with Gasteiger partial charge in [0.1, 0.15) is 5.01 Å². The second-order valence-corrected chi connectivity index (χ2v) is 8.16. The molecule has 1 aromatic heterocycles. The summed E-state index contributed by atoms with van der Waals surface area (Å²) in [5.41, 5.74) is 8.02.